The largest absolute Gasteiger partial charge is 0.545 e. The van der Waals surface area contributed by atoms with Crippen LogP contribution in [0.15, 0.2) is 52.3 Å². The maximum atomic E-state index is 12.0. The SMILES string of the molecule is C=CCn1c(-c2ccc(Br)cc2)cc(=O)c(C(=O)[O-])c1C. The van der Waals surface area contributed by atoms with Crippen LogP contribution >= 0.6 is 15.9 Å². The Morgan fingerprint density at radius 1 is 1.38 bits per heavy atom. The number of carbonyl (C=O) groups is 1. The van der Waals surface area contributed by atoms with Gasteiger partial charge in [0.05, 0.1) is 17.2 Å². The van der Waals surface area contributed by atoms with Crippen LogP contribution in [0.4, 0.5) is 0 Å². The van der Waals surface area contributed by atoms with Crippen LogP contribution in [0.1, 0.15) is 16.1 Å². The standard InChI is InChI=1S/C16H14BrNO3/c1-3-8-18-10(2)15(16(20)21)14(19)9-13(18)11-4-6-12(17)7-5-11/h3-7,9H,1,8H2,2H3,(H,20,21)/p-1. The van der Waals surface area contributed by atoms with Crippen molar-refractivity contribution >= 4 is 21.9 Å². The Balaban J connectivity index is 2.76. The molecule has 0 bridgehead atoms. The van der Waals surface area contributed by atoms with E-state index in [9.17, 15) is 14.7 Å². The summed E-state index contributed by atoms with van der Waals surface area (Å²) >= 11 is 3.36. The molecule has 1 aromatic heterocycles. The molecule has 0 radical (unpaired) electrons. The van der Waals surface area contributed by atoms with Crippen LogP contribution in [-0.4, -0.2) is 10.5 Å². The molecule has 0 saturated heterocycles. The fraction of sp³-hybridized carbons (Fsp3) is 0.125. The first kappa shape index (κ1) is 15.3. The lowest BCUT2D eigenvalue weighted by Crippen LogP contribution is -2.32. The van der Waals surface area contributed by atoms with Gasteiger partial charge in [-0.25, -0.2) is 0 Å². The first-order valence-electron chi connectivity index (χ1n) is 6.28. The molecule has 0 spiro atoms. The molecule has 21 heavy (non-hydrogen) atoms. The first-order chi connectivity index (χ1) is 9.95. The zero-order chi connectivity index (χ0) is 15.6. The number of aromatic nitrogens is 1. The number of nitrogens with zero attached hydrogens (tertiary/aromatic N) is 1. The summed E-state index contributed by atoms with van der Waals surface area (Å²) in [6, 6.07) is 8.76. The molecular formula is C16H13BrNO3-. The van der Waals surface area contributed by atoms with Crippen molar-refractivity contribution in [3.05, 3.63) is 68.9 Å². The summed E-state index contributed by atoms with van der Waals surface area (Å²) in [5.41, 5.74) is 0.976. The highest BCUT2D eigenvalue weighted by Crippen LogP contribution is 2.23. The van der Waals surface area contributed by atoms with Crippen molar-refractivity contribution in [2.45, 2.75) is 13.5 Å². The monoisotopic (exact) mass is 346 g/mol. The molecule has 0 aliphatic heterocycles. The van der Waals surface area contributed by atoms with E-state index in [1.807, 2.05) is 24.3 Å². The Hall–Kier alpha value is -2.14. The predicted octanol–water partition coefficient (Wildman–Crippen LogP) is 2.14. The van der Waals surface area contributed by atoms with Crippen LogP contribution in [-0.2, 0) is 6.54 Å². The molecule has 2 aromatic rings. The smallest absolute Gasteiger partial charge is 0.191 e. The maximum absolute atomic E-state index is 12.0. The van der Waals surface area contributed by atoms with E-state index in [4.69, 9.17) is 0 Å². The summed E-state index contributed by atoms with van der Waals surface area (Å²) < 4.78 is 2.66. The van der Waals surface area contributed by atoms with Gasteiger partial charge < -0.3 is 14.5 Å². The lowest BCUT2D eigenvalue weighted by atomic mass is 10.1. The number of carboxylic acid groups (broad SMARTS) is 1. The Bertz CT molecular complexity index is 760. The Kier molecular flexibility index (Phi) is 4.43. The van der Waals surface area contributed by atoms with Crippen molar-refractivity contribution in [3.8, 4) is 11.3 Å². The van der Waals surface area contributed by atoms with Crippen molar-refractivity contribution in [1.29, 1.82) is 0 Å². The van der Waals surface area contributed by atoms with Crippen LogP contribution in [0.5, 0.6) is 0 Å². The minimum absolute atomic E-state index is 0.308. The van der Waals surface area contributed by atoms with Gasteiger partial charge in [-0.15, -0.1) is 6.58 Å². The van der Waals surface area contributed by atoms with Crippen LogP contribution < -0.4 is 10.5 Å². The number of carboxylic acids is 1. The quantitative estimate of drug-likeness (QED) is 0.796. The molecule has 2 rings (SSSR count). The average Bonchev–Trinajstić information content (AvgIpc) is 2.42. The van der Waals surface area contributed by atoms with Gasteiger partial charge in [-0.05, 0) is 24.6 Å². The molecule has 0 fully saturated rings. The van der Waals surface area contributed by atoms with Gasteiger partial charge in [0.25, 0.3) is 0 Å². The van der Waals surface area contributed by atoms with Crippen molar-refractivity contribution < 1.29 is 9.90 Å². The van der Waals surface area contributed by atoms with E-state index in [-0.39, 0.29) is 5.56 Å². The van der Waals surface area contributed by atoms with E-state index < -0.39 is 11.4 Å². The van der Waals surface area contributed by atoms with Crippen LogP contribution in [0, 0.1) is 6.92 Å². The highest BCUT2D eigenvalue weighted by molar-refractivity contribution is 9.10. The second-order valence-electron chi connectivity index (χ2n) is 4.55. The van der Waals surface area contributed by atoms with E-state index in [1.165, 1.54) is 6.07 Å². The van der Waals surface area contributed by atoms with Crippen molar-refractivity contribution in [3.63, 3.8) is 0 Å². The molecule has 5 heteroatoms. The van der Waals surface area contributed by atoms with Gasteiger partial charge in [-0.3, -0.25) is 4.79 Å². The highest BCUT2D eigenvalue weighted by atomic mass is 79.9. The molecule has 0 aliphatic carbocycles. The molecule has 0 aliphatic rings. The predicted molar refractivity (Wildman–Crippen MR) is 83.1 cm³/mol. The Morgan fingerprint density at radius 3 is 2.52 bits per heavy atom. The molecule has 1 aromatic carbocycles. The van der Waals surface area contributed by atoms with E-state index in [1.54, 1.807) is 17.6 Å². The van der Waals surface area contributed by atoms with E-state index >= 15 is 0 Å². The Morgan fingerprint density at radius 2 is 2.00 bits per heavy atom. The number of rotatable bonds is 4. The molecule has 0 amide bonds. The summed E-state index contributed by atoms with van der Waals surface area (Å²) in [4.78, 5) is 23.2. The number of benzene rings is 1. The van der Waals surface area contributed by atoms with Gasteiger partial charge in [-0.1, -0.05) is 34.1 Å². The van der Waals surface area contributed by atoms with Gasteiger partial charge >= 0.3 is 0 Å². The third-order valence-electron chi connectivity index (χ3n) is 3.23. The first-order valence-corrected chi connectivity index (χ1v) is 7.07. The molecule has 108 valence electrons. The topological polar surface area (TPSA) is 62.1 Å². The normalized spacial score (nSPS) is 10.4. The summed E-state index contributed by atoms with van der Waals surface area (Å²) in [5, 5.41) is 11.1. The minimum atomic E-state index is -1.46. The number of hydrogen-bond acceptors (Lipinski definition) is 3. The third kappa shape index (κ3) is 2.97. The lowest BCUT2D eigenvalue weighted by Gasteiger charge is -2.19. The van der Waals surface area contributed by atoms with Crippen molar-refractivity contribution in [2.24, 2.45) is 0 Å². The Labute approximate surface area is 130 Å². The number of carbonyl (C=O) groups excluding carboxylic acids is 1. The fourth-order valence-electron chi connectivity index (χ4n) is 2.24. The van der Waals surface area contributed by atoms with Crippen LogP contribution in [0.3, 0.4) is 0 Å². The van der Waals surface area contributed by atoms with Crippen LogP contribution in [0.2, 0.25) is 0 Å². The number of aromatic carboxylic acids is 1. The molecular weight excluding hydrogens is 334 g/mol. The summed E-state index contributed by atoms with van der Waals surface area (Å²) in [6.45, 7) is 5.67. The second kappa shape index (κ2) is 6.10. The van der Waals surface area contributed by atoms with Crippen LogP contribution in [0.25, 0.3) is 11.3 Å². The maximum Gasteiger partial charge on any atom is 0.191 e. The van der Waals surface area contributed by atoms with Gasteiger partial charge in [0.15, 0.2) is 5.43 Å². The van der Waals surface area contributed by atoms with Gasteiger partial charge in [-0.2, -0.15) is 0 Å². The van der Waals surface area contributed by atoms with Gasteiger partial charge in [0, 0.05) is 22.8 Å². The number of hydrogen-bond donors (Lipinski definition) is 0. The molecule has 0 N–H and O–H groups in total. The van der Waals surface area contributed by atoms with Gasteiger partial charge in [0.1, 0.15) is 0 Å². The molecule has 0 saturated carbocycles. The number of allylic oxidation sites excluding steroid dienone is 1. The highest BCUT2D eigenvalue weighted by Gasteiger charge is 2.13. The summed E-state index contributed by atoms with van der Waals surface area (Å²) in [7, 11) is 0. The minimum Gasteiger partial charge on any atom is -0.545 e. The molecule has 4 nitrogen and oxygen atoms in total. The molecule has 0 unspecified atom stereocenters. The number of halogens is 1. The van der Waals surface area contributed by atoms with E-state index in [2.05, 4.69) is 22.5 Å². The molecule has 1 heterocycles. The summed E-state index contributed by atoms with van der Waals surface area (Å²) in [5.74, 6) is -1.46. The zero-order valence-corrected chi connectivity index (χ0v) is 13.0. The van der Waals surface area contributed by atoms with Crippen molar-refractivity contribution in [2.75, 3.05) is 0 Å². The van der Waals surface area contributed by atoms with E-state index in [0.717, 1.165) is 10.0 Å². The lowest BCUT2D eigenvalue weighted by molar-refractivity contribution is -0.255. The van der Waals surface area contributed by atoms with Crippen molar-refractivity contribution in [1.82, 2.24) is 4.57 Å². The number of pyridine rings is 1. The average molecular weight is 347 g/mol. The fourth-order valence-corrected chi connectivity index (χ4v) is 2.51. The third-order valence-corrected chi connectivity index (χ3v) is 3.76. The van der Waals surface area contributed by atoms with Gasteiger partial charge in [0.2, 0.25) is 0 Å². The second-order valence-corrected chi connectivity index (χ2v) is 5.46. The molecule has 0 atom stereocenters. The van der Waals surface area contributed by atoms with E-state index in [0.29, 0.717) is 17.9 Å². The summed E-state index contributed by atoms with van der Waals surface area (Å²) in [6.07, 6.45) is 1.65. The zero-order valence-electron chi connectivity index (χ0n) is 11.4.